The van der Waals surface area contributed by atoms with E-state index in [-0.39, 0.29) is 0 Å². The van der Waals surface area contributed by atoms with Crippen molar-refractivity contribution in [2.45, 2.75) is 58.4 Å². The molecule has 1 aliphatic rings. The van der Waals surface area contributed by atoms with Crippen LogP contribution < -0.4 is 10.6 Å². The number of aryl methyl sites for hydroxylation is 2. The Morgan fingerprint density at radius 2 is 2.16 bits per heavy atom. The van der Waals surface area contributed by atoms with Crippen LogP contribution in [0.2, 0.25) is 0 Å². The third kappa shape index (κ3) is 2.88. The molecule has 0 radical (unpaired) electrons. The van der Waals surface area contributed by atoms with Crippen molar-refractivity contribution in [2.24, 2.45) is 13.0 Å². The van der Waals surface area contributed by atoms with E-state index in [1.807, 2.05) is 11.7 Å². The van der Waals surface area contributed by atoms with Crippen LogP contribution >= 0.6 is 0 Å². The van der Waals surface area contributed by atoms with Gasteiger partial charge < -0.3 is 10.6 Å². The van der Waals surface area contributed by atoms with Crippen LogP contribution in [0.3, 0.4) is 0 Å². The molecule has 2 unspecified atom stereocenters. The maximum Gasteiger partial charge on any atom is 0.150 e. The number of nitrogens with zero attached hydrogens (tertiary/aromatic N) is 3. The molecule has 1 aromatic heterocycles. The molecule has 108 valence electrons. The van der Waals surface area contributed by atoms with Gasteiger partial charge in [0.15, 0.2) is 0 Å². The Labute approximate surface area is 117 Å². The number of anilines is 2. The Hall–Kier alpha value is -1.19. The van der Waals surface area contributed by atoms with Crippen LogP contribution in [-0.2, 0) is 13.5 Å². The third-order valence-electron chi connectivity index (χ3n) is 4.41. The minimum Gasteiger partial charge on any atom is -0.394 e. The van der Waals surface area contributed by atoms with Crippen LogP contribution in [0.15, 0.2) is 0 Å². The Morgan fingerprint density at radius 1 is 1.42 bits per heavy atom. The fourth-order valence-electron chi connectivity index (χ4n) is 3.35. The van der Waals surface area contributed by atoms with Crippen LogP contribution in [0.5, 0.6) is 0 Å². The van der Waals surface area contributed by atoms with Gasteiger partial charge in [0.1, 0.15) is 5.82 Å². The summed E-state index contributed by atoms with van der Waals surface area (Å²) in [5, 5.41) is 4.58. The Balaban J connectivity index is 2.20. The summed E-state index contributed by atoms with van der Waals surface area (Å²) in [6, 6.07) is 0.607. The second-order valence-electron chi connectivity index (χ2n) is 6.09. The molecule has 2 rings (SSSR count). The van der Waals surface area contributed by atoms with Gasteiger partial charge in [-0.05, 0) is 25.2 Å². The topological polar surface area (TPSA) is 47.1 Å². The van der Waals surface area contributed by atoms with E-state index in [1.54, 1.807) is 0 Å². The van der Waals surface area contributed by atoms with Crippen LogP contribution in [0, 0.1) is 5.92 Å². The Bertz CT molecular complexity index is 424. The first-order chi connectivity index (χ1) is 9.04. The average Bonchev–Trinajstić information content (AvgIpc) is 2.64. The molecule has 0 amide bonds. The summed E-state index contributed by atoms with van der Waals surface area (Å²) in [4.78, 5) is 2.36. The predicted octanol–water partition coefficient (Wildman–Crippen LogP) is 2.97. The molecule has 4 heteroatoms. The van der Waals surface area contributed by atoms with Gasteiger partial charge in [-0.25, -0.2) is 0 Å². The zero-order valence-corrected chi connectivity index (χ0v) is 12.8. The van der Waals surface area contributed by atoms with Gasteiger partial charge in [0, 0.05) is 20.1 Å². The molecule has 4 nitrogen and oxygen atoms in total. The van der Waals surface area contributed by atoms with Crippen molar-refractivity contribution in [2.75, 3.05) is 17.7 Å². The quantitative estimate of drug-likeness (QED) is 0.909. The van der Waals surface area contributed by atoms with E-state index < -0.39 is 0 Å². The number of nitrogens with two attached hydrogens (primary N) is 1. The van der Waals surface area contributed by atoms with Gasteiger partial charge in [-0.15, -0.1) is 0 Å². The second-order valence-corrected chi connectivity index (χ2v) is 6.09. The number of rotatable bonds is 4. The summed E-state index contributed by atoms with van der Waals surface area (Å²) in [5.74, 6) is 1.92. The lowest BCUT2D eigenvalue weighted by molar-refractivity contribution is 0.334. The van der Waals surface area contributed by atoms with Crippen LogP contribution in [0.25, 0.3) is 0 Å². The normalized spacial score (nSPS) is 23.6. The van der Waals surface area contributed by atoms with Crippen molar-refractivity contribution in [3.63, 3.8) is 0 Å². The van der Waals surface area contributed by atoms with Crippen molar-refractivity contribution in [1.29, 1.82) is 0 Å². The van der Waals surface area contributed by atoms with Gasteiger partial charge in [-0.2, -0.15) is 5.10 Å². The first-order valence-electron chi connectivity index (χ1n) is 7.58. The van der Waals surface area contributed by atoms with E-state index in [0.717, 1.165) is 36.0 Å². The van der Waals surface area contributed by atoms with Gasteiger partial charge in [0.2, 0.25) is 0 Å². The van der Waals surface area contributed by atoms with Crippen molar-refractivity contribution in [3.05, 3.63) is 5.69 Å². The van der Waals surface area contributed by atoms with E-state index in [1.165, 1.54) is 25.7 Å². The second kappa shape index (κ2) is 5.85. The van der Waals surface area contributed by atoms with Crippen molar-refractivity contribution in [1.82, 2.24) is 9.78 Å². The molecule has 2 atom stereocenters. The van der Waals surface area contributed by atoms with E-state index in [4.69, 9.17) is 5.73 Å². The monoisotopic (exact) mass is 264 g/mol. The molecule has 0 aromatic carbocycles. The maximum absolute atomic E-state index is 6.31. The van der Waals surface area contributed by atoms with E-state index in [2.05, 4.69) is 30.9 Å². The minimum absolute atomic E-state index is 0.607. The highest BCUT2D eigenvalue weighted by molar-refractivity contribution is 5.66. The molecule has 2 N–H and O–H groups in total. The molecule has 0 saturated heterocycles. The SMILES string of the molecule is CCCc1nn(C)c(N(C)C2CCCC(C)C2)c1N. The fourth-order valence-corrected chi connectivity index (χ4v) is 3.35. The molecule has 1 heterocycles. The number of aromatic nitrogens is 2. The lowest BCUT2D eigenvalue weighted by Gasteiger charge is -2.35. The molecule has 1 saturated carbocycles. The van der Waals surface area contributed by atoms with Crippen LogP contribution in [0.1, 0.15) is 51.6 Å². The number of nitrogen functional groups attached to an aromatic ring is 1. The summed E-state index contributed by atoms with van der Waals surface area (Å²) < 4.78 is 1.96. The van der Waals surface area contributed by atoms with E-state index >= 15 is 0 Å². The first-order valence-corrected chi connectivity index (χ1v) is 7.58. The summed E-state index contributed by atoms with van der Waals surface area (Å²) >= 11 is 0. The van der Waals surface area contributed by atoms with Crippen molar-refractivity contribution >= 4 is 11.5 Å². The standard InChI is InChI=1S/C15H28N4/c1-5-7-13-14(16)15(19(4)17-13)18(3)12-9-6-8-11(2)10-12/h11-12H,5-10,16H2,1-4H3. The molecule has 0 aliphatic heterocycles. The highest BCUT2D eigenvalue weighted by Crippen LogP contribution is 2.33. The molecule has 1 aromatic rings. The lowest BCUT2D eigenvalue weighted by Crippen LogP contribution is -2.37. The highest BCUT2D eigenvalue weighted by Gasteiger charge is 2.26. The number of hydrogen-bond donors (Lipinski definition) is 1. The maximum atomic E-state index is 6.31. The molecule has 1 aliphatic carbocycles. The van der Waals surface area contributed by atoms with E-state index in [9.17, 15) is 0 Å². The summed E-state index contributed by atoms with van der Waals surface area (Å²) in [5.41, 5.74) is 8.24. The largest absolute Gasteiger partial charge is 0.394 e. The zero-order chi connectivity index (χ0) is 14.0. The van der Waals surface area contributed by atoms with Gasteiger partial charge in [0.25, 0.3) is 0 Å². The lowest BCUT2D eigenvalue weighted by atomic mass is 9.86. The van der Waals surface area contributed by atoms with Gasteiger partial charge in [0.05, 0.1) is 11.4 Å². The molecule has 1 fully saturated rings. The Kier molecular flexibility index (Phi) is 4.38. The average molecular weight is 264 g/mol. The number of hydrogen-bond acceptors (Lipinski definition) is 3. The summed E-state index contributed by atoms with van der Waals surface area (Å²) in [7, 11) is 4.18. The van der Waals surface area contributed by atoms with Gasteiger partial charge >= 0.3 is 0 Å². The van der Waals surface area contributed by atoms with Crippen molar-refractivity contribution < 1.29 is 0 Å². The highest BCUT2D eigenvalue weighted by atomic mass is 15.4. The third-order valence-corrected chi connectivity index (χ3v) is 4.41. The van der Waals surface area contributed by atoms with Crippen LogP contribution in [-0.4, -0.2) is 22.9 Å². The summed E-state index contributed by atoms with van der Waals surface area (Å²) in [6.07, 6.45) is 7.29. The molecule has 0 spiro atoms. The molecule has 0 bridgehead atoms. The molecular formula is C15H28N4. The zero-order valence-electron chi connectivity index (χ0n) is 12.8. The summed E-state index contributed by atoms with van der Waals surface area (Å²) in [6.45, 7) is 4.52. The van der Waals surface area contributed by atoms with Gasteiger partial charge in [-0.3, -0.25) is 4.68 Å². The fraction of sp³-hybridized carbons (Fsp3) is 0.800. The predicted molar refractivity (Wildman–Crippen MR) is 81.4 cm³/mol. The smallest absolute Gasteiger partial charge is 0.150 e. The molecular weight excluding hydrogens is 236 g/mol. The van der Waals surface area contributed by atoms with E-state index in [0.29, 0.717) is 6.04 Å². The molecule has 19 heavy (non-hydrogen) atoms. The van der Waals surface area contributed by atoms with Gasteiger partial charge in [-0.1, -0.05) is 33.1 Å². The van der Waals surface area contributed by atoms with Crippen LogP contribution in [0.4, 0.5) is 11.5 Å². The first kappa shape index (κ1) is 14.2. The Morgan fingerprint density at radius 3 is 2.79 bits per heavy atom. The minimum atomic E-state index is 0.607. The van der Waals surface area contributed by atoms with Crippen molar-refractivity contribution in [3.8, 4) is 0 Å².